The van der Waals surface area contributed by atoms with E-state index in [2.05, 4.69) is 0 Å². The third kappa shape index (κ3) is 2.31. The first kappa shape index (κ1) is 12.8. The lowest BCUT2D eigenvalue weighted by Crippen LogP contribution is -2.36. The summed E-state index contributed by atoms with van der Waals surface area (Å²) in [5, 5.41) is 9.60. The Hall–Kier alpha value is -1.62. The molecule has 0 aliphatic carbocycles. The summed E-state index contributed by atoms with van der Waals surface area (Å²) in [6.07, 6.45) is 0.693. The van der Waals surface area contributed by atoms with E-state index in [1.807, 2.05) is 11.8 Å². The van der Waals surface area contributed by atoms with E-state index in [9.17, 15) is 14.3 Å². The number of halogens is 1. The van der Waals surface area contributed by atoms with Gasteiger partial charge in [0.05, 0.1) is 5.41 Å². The van der Waals surface area contributed by atoms with Gasteiger partial charge in [0.1, 0.15) is 0 Å². The molecular formula is C13H17FN2O2. The second-order valence-corrected chi connectivity index (χ2v) is 5.13. The Kier molecular flexibility index (Phi) is 3.26. The summed E-state index contributed by atoms with van der Waals surface area (Å²) >= 11 is 0. The zero-order valence-electron chi connectivity index (χ0n) is 10.3. The predicted molar refractivity (Wildman–Crippen MR) is 65.3 cm³/mol. The summed E-state index contributed by atoms with van der Waals surface area (Å²) < 4.78 is 13.2. The molecule has 1 aliphatic heterocycles. The summed E-state index contributed by atoms with van der Waals surface area (Å²) in [6.45, 7) is 3.51. The normalized spacial score (nSPS) is 24.3. The van der Waals surface area contributed by atoms with Crippen molar-refractivity contribution in [1.82, 2.24) is 4.90 Å². The molecule has 98 valence electrons. The maximum atomic E-state index is 13.2. The molecule has 0 aromatic heterocycles. The van der Waals surface area contributed by atoms with Gasteiger partial charge in [-0.1, -0.05) is 12.1 Å². The van der Waals surface area contributed by atoms with Crippen LogP contribution in [0.2, 0.25) is 0 Å². The van der Waals surface area contributed by atoms with Gasteiger partial charge in [-0.05, 0) is 26.0 Å². The summed E-state index contributed by atoms with van der Waals surface area (Å²) in [7, 11) is 0. The summed E-state index contributed by atoms with van der Waals surface area (Å²) in [4.78, 5) is 13.3. The number of nitrogens with zero attached hydrogens (tertiary/aromatic N) is 1. The second kappa shape index (κ2) is 4.57. The molecule has 2 rings (SSSR count). The molecule has 1 aliphatic rings. The number of para-hydroxylation sites is 1. The average Bonchev–Trinajstić information content (AvgIpc) is 2.68. The highest BCUT2D eigenvalue weighted by atomic mass is 19.1. The van der Waals surface area contributed by atoms with Crippen LogP contribution in [0.5, 0.6) is 5.75 Å². The van der Waals surface area contributed by atoms with Gasteiger partial charge in [0.25, 0.3) is 0 Å². The van der Waals surface area contributed by atoms with Crippen LogP contribution in [0.4, 0.5) is 4.39 Å². The van der Waals surface area contributed by atoms with E-state index in [1.54, 1.807) is 12.1 Å². The molecule has 0 saturated carbocycles. The average molecular weight is 252 g/mol. The number of carbonyl (C=O) groups is 1. The van der Waals surface area contributed by atoms with Crippen molar-refractivity contribution in [1.29, 1.82) is 0 Å². The first-order chi connectivity index (χ1) is 8.42. The van der Waals surface area contributed by atoms with Gasteiger partial charge in [0.2, 0.25) is 5.91 Å². The Morgan fingerprint density at radius 1 is 1.61 bits per heavy atom. The molecule has 0 bridgehead atoms. The molecule has 1 heterocycles. The molecule has 1 unspecified atom stereocenters. The predicted octanol–water partition coefficient (Wildman–Crippen LogP) is 1.23. The van der Waals surface area contributed by atoms with Crippen molar-refractivity contribution in [3.05, 3.63) is 29.6 Å². The highest BCUT2D eigenvalue weighted by Crippen LogP contribution is 2.32. The number of nitrogens with two attached hydrogens (primary N) is 1. The standard InChI is InChI=1S/C13H17FN2O2/c1-13(12(15)18)5-6-16(8-13)7-9-3-2-4-10(14)11(9)17/h2-4,17H,5-8H2,1H3,(H2,15,18). The minimum atomic E-state index is -0.621. The molecule has 0 radical (unpaired) electrons. The summed E-state index contributed by atoms with van der Waals surface area (Å²) in [5.74, 6) is -1.25. The number of hydrogen-bond donors (Lipinski definition) is 2. The molecule has 1 amide bonds. The molecule has 1 saturated heterocycles. The monoisotopic (exact) mass is 252 g/mol. The lowest BCUT2D eigenvalue weighted by molar-refractivity contribution is -0.126. The van der Waals surface area contributed by atoms with Crippen molar-refractivity contribution in [2.45, 2.75) is 19.9 Å². The van der Waals surface area contributed by atoms with E-state index < -0.39 is 11.2 Å². The third-order valence-electron chi connectivity index (χ3n) is 3.61. The Morgan fingerprint density at radius 2 is 2.33 bits per heavy atom. The number of carbonyl (C=O) groups excluding carboxylic acids is 1. The number of phenols is 1. The van der Waals surface area contributed by atoms with Crippen LogP contribution in [-0.2, 0) is 11.3 Å². The number of phenolic OH excluding ortho intramolecular Hbond substituents is 1. The van der Waals surface area contributed by atoms with Crippen molar-refractivity contribution in [2.24, 2.45) is 11.1 Å². The minimum absolute atomic E-state index is 0.312. The molecule has 1 aromatic rings. The third-order valence-corrected chi connectivity index (χ3v) is 3.61. The molecule has 3 N–H and O–H groups in total. The highest BCUT2D eigenvalue weighted by molar-refractivity contribution is 5.81. The van der Waals surface area contributed by atoms with Gasteiger partial charge >= 0.3 is 0 Å². The zero-order chi connectivity index (χ0) is 13.3. The van der Waals surface area contributed by atoms with E-state index in [-0.39, 0.29) is 11.7 Å². The van der Waals surface area contributed by atoms with Crippen LogP contribution in [0, 0.1) is 11.2 Å². The van der Waals surface area contributed by atoms with Crippen LogP contribution in [0.25, 0.3) is 0 Å². The molecule has 1 fully saturated rings. The number of benzene rings is 1. The Bertz CT molecular complexity index is 478. The first-order valence-electron chi connectivity index (χ1n) is 5.91. The fraction of sp³-hybridized carbons (Fsp3) is 0.462. The maximum Gasteiger partial charge on any atom is 0.224 e. The van der Waals surface area contributed by atoms with Crippen LogP contribution >= 0.6 is 0 Å². The van der Waals surface area contributed by atoms with Crippen LogP contribution in [0.1, 0.15) is 18.9 Å². The second-order valence-electron chi connectivity index (χ2n) is 5.13. The topological polar surface area (TPSA) is 66.6 Å². The molecule has 18 heavy (non-hydrogen) atoms. The van der Waals surface area contributed by atoms with Gasteiger partial charge in [-0.2, -0.15) is 0 Å². The summed E-state index contributed by atoms with van der Waals surface area (Å²) in [5.41, 5.74) is 5.37. The Labute approximate surface area is 105 Å². The lowest BCUT2D eigenvalue weighted by Gasteiger charge is -2.21. The molecule has 1 atom stereocenters. The zero-order valence-corrected chi connectivity index (χ0v) is 10.3. The Balaban J connectivity index is 2.08. The number of hydrogen-bond acceptors (Lipinski definition) is 3. The molecule has 0 spiro atoms. The fourth-order valence-electron chi connectivity index (χ4n) is 2.32. The number of rotatable bonds is 3. The highest BCUT2D eigenvalue weighted by Gasteiger charge is 2.38. The van der Waals surface area contributed by atoms with E-state index in [0.717, 1.165) is 6.54 Å². The number of primary amides is 1. The molecule has 5 heteroatoms. The van der Waals surface area contributed by atoms with E-state index in [0.29, 0.717) is 25.1 Å². The van der Waals surface area contributed by atoms with Gasteiger partial charge in [-0.25, -0.2) is 4.39 Å². The number of likely N-dealkylation sites (tertiary alicyclic amines) is 1. The van der Waals surface area contributed by atoms with E-state index in [1.165, 1.54) is 6.07 Å². The largest absolute Gasteiger partial charge is 0.505 e. The van der Waals surface area contributed by atoms with Crippen LogP contribution < -0.4 is 5.73 Å². The Morgan fingerprint density at radius 3 is 2.94 bits per heavy atom. The van der Waals surface area contributed by atoms with Gasteiger partial charge < -0.3 is 10.8 Å². The number of aromatic hydroxyl groups is 1. The number of amides is 1. The van der Waals surface area contributed by atoms with Crippen LogP contribution in [0.3, 0.4) is 0 Å². The van der Waals surface area contributed by atoms with E-state index in [4.69, 9.17) is 5.73 Å². The van der Waals surface area contributed by atoms with Gasteiger partial charge in [0, 0.05) is 18.7 Å². The fourth-order valence-corrected chi connectivity index (χ4v) is 2.32. The quantitative estimate of drug-likeness (QED) is 0.850. The van der Waals surface area contributed by atoms with Crippen LogP contribution in [-0.4, -0.2) is 29.0 Å². The van der Waals surface area contributed by atoms with Crippen molar-refractivity contribution in [3.63, 3.8) is 0 Å². The van der Waals surface area contributed by atoms with Gasteiger partial charge in [-0.3, -0.25) is 9.69 Å². The molecule has 4 nitrogen and oxygen atoms in total. The van der Waals surface area contributed by atoms with Crippen molar-refractivity contribution in [3.8, 4) is 5.75 Å². The van der Waals surface area contributed by atoms with Crippen molar-refractivity contribution in [2.75, 3.05) is 13.1 Å². The summed E-state index contributed by atoms with van der Waals surface area (Å²) in [6, 6.07) is 4.46. The van der Waals surface area contributed by atoms with Crippen molar-refractivity contribution >= 4 is 5.91 Å². The smallest absolute Gasteiger partial charge is 0.224 e. The molecular weight excluding hydrogens is 235 g/mol. The van der Waals surface area contributed by atoms with Crippen LogP contribution in [0.15, 0.2) is 18.2 Å². The van der Waals surface area contributed by atoms with Gasteiger partial charge in [0.15, 0.2) is 11.6 Å². The first-order valence-corrected chi connectivity index (χ1v) is 5.91. The van der Waals surface area contributed by atoms with E-state index >= 15 is 0 Å². The maximum absolute atomic E-state index is 13.2. The van der Waals surface area contributed by atoms with Crippen molar-refractivity contribution < 1.29 is 14.3 Å². The molecule has 1 aromatic carbocycles. The lowest BCUT2D eigenvalue weighted by atomic mass is 9.89. The van der Waals surface area contributed by atoms with Gasteiger partial charge in [-0.15, -0.1) is 0 Å². The SMILES string of the molecule is CC1(C(N)=O)CCN(Cc2cccc(F)c2O)C1. The minimum Gasteiger partial charge on any atom is -0.505 e.